The fourth-order valence-electron chi connectivity index (χ4n) is 2.31. The second-order valence-electron chi connectivity index (χ2n) is 5.18. The van der Waals surface area contributed by atoms with Crippen LogP contribution in [0.1, 0.15) is 60.3 Å². The molecule has 0 aliphatic rings. The van der Waals surface area contributed by atoms with Crippen LogP contribution in [-0.2, 0) is 4.43 Å². The van der Waals surface area contributed by atoms with Crippen molar-refractivity contribution in [2.45, 2.75) is 84.0 Å². The molecule has 100 valence electrons. The maximum atomic E-state index is 6.47. The van der Waals surface area contributed by atoms with Crippen LogP contribution in [0.2, 0.25) is 18.1 Å². The summed E-state index contributed by atoms with van der Waals surface area (Å²) in [4.78, 5) is 0. The first-order chi connectivity index (χ1) is 8.01. The molecule has 2 heteroatoms. The third kappa shape index (κ3) is 5.27. The van der Waals surface area contributed by atoms with E-state index in [0.29, 0.717) is 0 Å². The summed E-state index contributed by atoms with van der Waals surface area (Å²) >= 11 is 0. The summed E-state index contributed by atoms with van der Waals surface area (Å²) in [6.07, 6.45) is 10.4. The topological polar surface area (TPSA) is 9.23 Å². The number of unbranched alkanes of at least 4 members (excludes halogenated alkanes) is 2. The van der Waals surface area contributed by atoms with Gasteiger partial charge >= 0.3 is 0 Å². The van der Waals surface area contributed by atoms with Gasteiger partial charge in [-0.1, -0.05) is 46.5 Å². The Bertz CT molecular complexity index is 232. The van der Waals surface area contributed by atoms with Gasteiger partial charge in [0.15, 0.2) is 8.32 Å². The van der Waals surface area contributed by atoms with Gasteiger partial charge in [-0.2, -0.15) is 0 Å². The van der Waals surface area contributed by atoms with Gasteiger partial charge < -0.3 is 4.43 Å². The smallest absolute Gasteiger partial charge is 0.194 e. The molecule has 0 saturated carbocycles. The molecule has 0 heterocycles. The largest absolute Gasteiger partial charge is 0.401 e. The van der Waals surface area contributed by atoms with E-state index < -0.39 is 8.32 Å². The number of terminal acetylenes is 1. The van der Waals surface area contributed by atoms with Crippen molar-refractivity contribution in [3.8, 4) is 12.3 Å². The molecule has 0 aromatic carbocycles. The zero-order chi connectivity index (χ0) is 13.4. The second kappa shape index (κ2) is 7.95. The van der Waals surface area contributed by atoms with Crippen LogP contribution < -0.4 is 0 Å². The van der Waals surface area contributed by atoms with Gasteiger partial charge in [0.1, 0.15) is 5.60 Å². The van der Waals surface area contributed by atoms with Crippen molar-refractivity contribution in [3.63, 3.8) is 0 Å². The molecule has 0 aromatic heterocycles. The Morgan fingerprint density at radius 1 is 1.06 bits per heavy atom. The molecule has 0 unspecified atom stereocenters. The fourth-order valence-corrected chi connectivity index (χ4v) is 5.36. The second-order valence-corrected chi connectivity index (χ2v) is 9.87. The van der Waals surface area contributed by atoms with Gasteiger partial charge in [-0.15, -0.1) is 6.42 Å². The first kappa shape index (κ1) is 16.7. The Hall–Kier alpha value is -0.263. The van der Waals surface area contributed by atoms with E-state index in [9.17, 15) is 0 Å². The molecule has 0 saturated heterocycles. The van der Waals surface area contributed by atoms with Crippen LogP contribution in [0.5, 0.6) is 0 Å². The van der Waals surface area contributed by atoms with E-state index >= 15 is 0 Å². The third-order valence-corrected chi connectivity index (χ3v) is 8.69. The lowest BCUT2D eigenvalue weighted by Gasteiger charge is -2.37. The highest BCUT2D eigenvalue weighted by atomic mass is 28.4. The molecule has 0 radical (unpaired) electrons. The van der Waals surface area contributed by atoms with Crippen LogP contribution in [0.15, 0.2) is 0 Å². The standard InChI is InChI=1S/C15H30OSi/c1-7-12-13-14-15(6,8-2)16-17(9-3,10-4)11-5/h2H,7,9-14H2,1,3-6H3/t15-/m1/s1. The van der Waals surface area contributed by atoms with E-state index in [0.717, 1.165) is 6.42 Å². The summed E-state index contributed by atoms with van der Waals surface area (Å²) in [7, 11) is -1.58. The first-order valence-corrected chi connectivity index (χ1v) is 9.72. The molecule has 0 rings (SSSR count). The van der Waals surface area contributed by atoms with Crippen LogP contribution in [0.4, 0.5) is 0 Å². The van der Waals surface area contributed by atoms with Crippen molar-refractivity contribution in [3.05, 3.63) is 0 Å². The minimum atomic E-state index is -1.58. The summed E-state index contributed by atoms with van der Waals surface area (Å²) < 4.78 is 6.47. The Morgan fingerprint density at radius 2 is 1.59 bits per heavy atom. The van der Waals surface area contributed by atoms with Gasteiger partial charge in [0.2, 0.25) is 0 Å². The van der Waals surface area contributed by atoms with Crippen molar-refractivity contribution in [2.24, 2.45) is 0 Å². The summed E-state index contributed by atoms with van der Waals surface area (Å²) in [6, 6.07) is 3.52. The van der Waals surface area contributed by atoms with Crippen LogP contribution in [0.25, 0.3) is 0 Å². The normalized spacial score (nSPS) is 15.3. The Kier molecular flexibility index (Phi) is 7.82. The predicted octanol–water partition coefficient (Wildman–Crippen LogP) is 4.98. The van der Waals surface area contributed by atoms with E-state index in [-0.39, 0.29) is 5.60 Å². The van der Waals surface area contributed by atoms with Crippen LogP contribution >= 0.6 is 0 Å². The van der Waals surface area contributed by atoms with Gasteiger partial charge in [-0.05, 0) is 37.9 Å². The maximum absolute atomic E-state index is 6.47. The highest BCUT2D eigenvalue weighted by molar-refractivity contribution is 6.73. The van der Waals surface area contributed by atoms with E-state index in [2.05, 4.69) is 40.5 Å². The first-order valence-electron chi connectivity index (χ1n) is 7.19. The van der Waals surface area contributed by atoms with Gasteiger partial charge in [0.05, 0.1) is 0 Å². The van der Waals surface area contributed by atoms with Gasteiger partial charge in [-0.25, -0.2) is 0 Å². The Labute approximate surface area is 109 Å². The molecule has 1 atom stereocenters. The van der Waals surface area contributed by atoms with Crippen molar-refractivity contribution < 1.29 is 4.43 Å². The molecule has 0 aliphatic carbocycles. The molecular weight excluding hydrogens is 224 g/mol. The molecule has 1 nitrogen and oxygen atoms in total. The summed E-state index contributed by atoms with van der Waals surface area (Å²) in [5, 5.41) is 0. The molecule has 0 spiro atoms. The molecule has 0 N–H and O–H groups in total. The van der Waals surface area contributed by atoms with Crippen molar-refractivity contribution in [1.29, 1.82) is 0 Å². The molecule has 0 fully saturated rings. The molecule has 17 heavy (non-hydrogen) atoms. The molecule has 0 aliphatic heterocycles. The zero-order valence-corrected chi connectivity index (χ0v) is 13.4. The average molecular weight is 254 g/mol. The predicted molar refractivity (Wildman–Crippen MR) is 79.7 cm³/mol. The quantitative estimate of drug-likeness (QED) is 0.320. The van der Waals surface area contributed by atoms with Crippen LogP contribution in [0.3, 0.4) is 0 Å². The Morgan fingerprint density at radius 3 is 1.94 bits per heavy atom. The molecular formula is C15H30OSi. The van der Waals surface area contributed by atoms with Crippen LogP contribution in [0, 0.1) is 12.3 Å². The van der Waals surface area contributed by atoms with Gasteiger partial charge in [-0.3, -0.25) is 0 Å². The minimum absolute atomic E-state index is 0.330. The summed E-state index contributed by atoms with van der Waals surface area (Å²) in [5.74, 6) is 2.91. The van der Waals surface area contributed by atoms with Crippen molar-refractivity contribution in [1.82, 2.24) is 0 Å². The van der Waals surface area contributed by atoms with E-state index in [1.807, 2.05) is 0 Å². The zero-order valence-electron chi connectivity index (χ0n) is 12.4. The molecule has 0 bridgehead atoms. The monoisotopic (exact) mass is 254 g/mol. The maximum Gasteiger partial charge on any atom is 0.194 e. The number of hydrogen-bond acceptors (Lipinski definition) is 1. The lowest BCUT2D eigenvalue weighted by molar-refractivity contribution is 0.123. The SMILES string of the molecule is C#C[C@](C)(CCCCC)O[Si](CC)(CC)CC. The minimum Gasteiger partial charge on any atom is -0.401 e. The lowest BCUT2D eigenvalue weighted by atomic mass is 10.00. The van der Waals surface area contributed by atoms with Gasteiger partial charge in [0.25, 0.3) is 0 Å². The number of hydrogen-bond donors (Lipinski definition) is 0. The van der Waals surface area contributed by atoms with E-state index in [4.69, 9.17) is 10.8 Å². The Balaban J connectivity index is 4.59. The lowest BCUT2D eigenvalue weighted by Crippen LogP contribution is -2.45. The van der Waals surface area contributed by atoms with Crippen molar-refractivity contribution in [2.75, 3.05) is 0 Å². The highest BCUT2D eigenvalue weighted by Crippen LogP contribution is 2.30. The fraction of sp³-hybridized carbons (Fsp3) is 0.867. The summed E-state index contributed by atoms with van der Waals surface area (Å²) in [5.41, 5.74) is -0.330. The van der Waals surface area contributed by atoms with Crippen molar-refractivity contribution >= 4 is 8.32 Å². The molecule has 0 aromatic rings. The van der Waals surface area contributed by atoms with E-state index in [1.165, 1.54) is 37.4 Å². The average Bonchev–Trinajstić information content (AvgIpc) is 2.37. The molecule has 0 amide bonds. The van der Waals surface area contributed by atoms with Crippen LogP contribution in [-0.4, -0.2) is 13.9 Å². The number of rotatable bonds is 9. The third-order valence-electron chi connectivity index (χ3n) is 3.94. The highest BCUT2D eigenvalue weighted by Gasteiger charge is 2.36. The van der Waals surface area contributed by atoms with E-state index in [1.54, 1.807) is 0 Å². The van der Waals surface area contributed by atoms with Gasteiger partial charge in [0, 0.05) is 0 Å². The summed E-state index contributed by atoms with van der Waals surface area (Å²) in [6.45, 7) is 11.1.